The quantitative estimate of drug-likeness (QED) is 0.673. The highest BCUT2D eigenvalue weighted by Crippen LogP contribution is 2.42. The van der Waals surface area contributed by atoms with Gasteiger partial charge in [0.1, 0.15) is 16.5 Å². The van der Waals surface area contributed by atoms with Gasteiger partial charge in [-0.05, 0) is 37.7 Å². The van der Waals surface area contributed by atoms with E-state index in [4.69, 9.17) is 26.3 Å². The summed E-state index contributed by atoms with van der Waals surface area (Å²) >= 11 is 8.06. The second kappa shape index (κ2) is 8.95. The summed E-state index contributed by atoms with van der Waals surface area (Å²) in [5.74, 6) is 1.45. The van der Waals surface area contributed by atoms with Crippen molar-refractivity contribution in [1.29, 1.82) is 0 Å². The summed E-state index contributed by atoms with van der Waals surface area (Å²) in [5.41, 5.74) is 1.71. The van der Waals surface area contributed by atoms with E-state index in [-0.39, 0.29) is 12.7 Å². The topological polar surface area (TPSA) is 94.8 Å². The van der Waals surface area contributed by atoms with Crippen LogP contribution in [0.15, 0.2) is 22.2 Å². The molecule has 32 heavy (non-hydrogen) atoms. The lowest BCUT2D eigenvalue weighted by molar-refractivity contribution is 0.133. The second-order valence-corrected chi connectivity index (χ2v) is 10.3. The van der Waals surface area contributed by atoms with Gasteiger partial charge < -0.3 is 24.7 Å². The fraction of sp³-hybridized carbons (Fsp3) is 0.591. The van der Waals surface area contributed by atoms with E-state index in [0.717, 1.165) is 67.0 Å². The van der Waals surface area contributed by atoms with Crippen LogP contribution in [-0.2, 0) is 11.3 Å². The molecule has 0 bridgehead atoms. The van der Waals surface area contributed by atoms with Gasteiger partial charge in [-0.15, -0.1) is 0 Å². The maximum Gasteiger partial charge on any atom is 0.153 e. The molecule has 2 aromatic heterocycles. The Kier molecular flexibility index (Phi) is 6.19. The van der Waals surface area contributed by atoms with Crippen LogP contribution >= 0.6 is 23.4 Å². The van der Waals surface area contributed by atoms with Gasteiger partial charge in [-0.3, -0.25) is 0 Å². The highest BCUT2D eigenvalue weighted by Gasteiger charge is 2.38. The second-order valence-electron chi connectivity index (χ2n) is 8.94. The third-order valence-electron chi connectivity index (χ3n) is 6.74. The van der Waals surface area contributed by atoms with Crippen LogP contribution in [0.1, 0.15) is 30.7 Å². The molecule has 5 rings (SSSR count). The van der Waals surface area contributed by atoms with E-state index >= 15 is 0 Å². The van der Waals surface area contributed by atoms with Gasteiger partial charge in [-0.25, -0.2) is 15.0 Å². The van der Waals surface area contributed by atoms with Crippen LogP contribution < -0.4 is 9.80 Å². The van der Waals surface area contributed by atoms with Crippen LogP contribution in [-0.4, -0.2) is 70.7 Å². The number of rotatable bonds is 5. The number of aromatic nitrogens is 3. The molecule has 1 spiro atoms. The monoisotopic (exact) mass is 477 g/mol. The molecule has 3 aliphatic heterocycles. The molecule has 3 saturated heterocycles. The van der Waals surface area contributed by atoms with E-state index < -0.39 is 0 Å². The van der Waals surface area contributed by atoms with Crippen molar-refractivity contribution < 1.29 is 14.9 Å². The number of anilines is 2. The number of hydrogen-bond donors (Lipinski definition) is 2. The molecule has 2 aromatic rings. The van der Waals surface area contributed by atoms with Crippen molar-refractivity contribution in [3.05, 3.63) is 28.7 Å². The number of ether oxygens (including phenoxy) is 1. The predicted octanol–water partition coefficient (Wildman–Crippen LogP) is 2.66. The van der Waals surface area contributed by atoms with E-state index in [1.165, 1.54) is 11.8 Å². The molecule has 8 nitrogen and oxygen atoms in total. The third kappa shape index (κ3) is 4.17. The molecule has 172 valence electrons. The van der Waals surface area contributed by atoms with Crippen molar-refractivity contribution in [2.75, 3.05) is 49.2 Å². The zero-order valence-corrected chi connectivity index (χ0v) is 19.7. The number of β-amino-alcohol motifs (C(OH)–C–C–N with tert-alkyl or cyclic N) is 1. The van der Waals surface area contributed by atoms with Crippen molar-refractivity contribution >= 4 is 35.0 Å². The van der Waals surface area contributed by atoms with Gasteiger partial charge in [0.2, 0.25) is 0 Å². The maximum absolute atomic E-state index is 10.0. The summed E-state index contributed by atoms with van der Waals surface area (Å²) in [6.07, 6.45) is 4.68. The zero-order chi connectivity index (χ0) is 22.3. The molecule has 2 N–H and O–H groups in total. The van der Waals surface area contributed by atoms with Gasteiger partial charge >= 0.3 is 0 Å². The largest absolute Gasteiger partial charge is 0.390 e. The molecule has 0 aliphatic carbocycles. The average molecular weight is 478 g/mol. The van der Waals surface area contributed by atoms with Crippen molar-refractivity contribution in [2.24, 2.45) is 5.41 Å². The highest BCUT2D eigenvalue weighted by molar-refractivity contribution is 7.99. The molecule has 3 aliphatic rings. The van der Waals surface area contributed by atoms with E-state index in [2.05, 4.69) is 9.88 Å². The molecule has 10 heteroatoms. The number of pyridine rings is 1. The summed E-state index contributed by atoms with van der Waals surface area (Å²) in [6.45, 7) is 6.37. The molecular weight excluding hydrogens is 450 g/mol. The van der Waals surface area contributed by atoms with E-state index in [9.17, 15) is 10.2 Å². The number of aliphatic hydroxyl groups is 2. The van der Waals surface area contributed by atoms with Gasteiger partial charge in [-0.1, -0.05) is 23.4 Å². The van der Waals surface area contributed by atoms with Gasteiger partial charge in [-0.2, -0.15) is 0 Å². The summed E-state index contributed by atoms with van der Waals surface area (Å²) in [4.78, 5) is 19.0. The molecule has 3 fully saturated rings. The smallest absolute Gasteiger partial charge is 0.153 e. The lowest BCUT2D eigenvalue weighted by atomic mass is 9.78. The molecular formula is C22H28ClN5O3S. The zero-order valence-electron chi connectivity index (χ0n) is 18.1. The molecule has 5 heterocycles. The molecule has 0 atom stereocenters. The number of nitrogens with zero attached hydrogens (tertiary/aromatic N) is 5. The first-order chi connectivity index (χ1) is 15.5. The first-order valence-electron chi connectivity index (χ1n) is 11.0. The Hall–Kier alpha value is -1.65. The average Bonchev–Trinajstić information content (AvgIpc) is 3.23. The fourth-order valence-electron chi connectivity index (χ4n) is 4.66. The molecule has 0 amide bonds. The lowest BCUT2D eigenvalue weighted by Crippen LogP contribution is -2.51. The Morgan fingerprint density at radius 2 is 1.97 bits per heavy atom. The summed E-state index contributed by atoms with van der Waals surface area (Å²) in [7, 11) is 0. The summed E-state index contributed by atoms with van der Waals surface area (Å²) in [6, 6.07) is 1.86. The van der Waals surface area contributed by atoms with Crippen LogP contribution in [0.3, 0.4) is 0 Å². The van der Waals surface area contributed by atoms with Crippen molar-refractivity contribution in [3.63, 3.8) is 0 Å². The van der Waals surface area contributed by atoms with Crippen LogP contribution in [0.5, 0.6) is 0 Å². The van der Waals surface area contributed by atoms with E-state index in [1.807, 2.05) is 17.9 Å². The predicted molar refractivity (Wildman–Crippen MR) is 124 cm³/mol. The number of aliphatic hydroxyl groups excluding tert-OH is 2. The number of hydrogen-bond acceptors (Lipinski definition) is 9. The van der Waals surface area contributed by atoms with Gasteiger partial charge in [0.25, 0.3) is 0 Å². The number of aryl methyl sites for hydroxylation is 1. The van der Waals surface area contributed by atoms with Crippen LogP contribution in [0.4, 0.5) is 11.6 Å². The van der Waals surface area contributed by atoms with Crippen LogP contribution in [0, 0.1) is 12.3 Å². The first-order valence-corrected chi connectivity index (χ1v) is 12.2. The standard InChI is InChI=1S/C22H28ClN5O3S/c1-14-21(32-17-2-6-24-20(18(17)23)28-10-15(30)11-28)26-16(12-29)19(25-14)27-7-3-22(4-8-27)5-9-31-13-22/h2,6,15,29-30H,3-5,7-13H2,1H3. The Labute approximate surface area is 197 Å². The van der Waals surface area contributed by atoms with Crippen LogP contribution in [0.25, 0.3) is 0 Å². The minimum Gasteiger partial charge on any atom is -0.390 e. The Morgan fingerprint density at radius 3 is 2.62 bits per heavy atom. The molecule has 0 unspecified atom stereocenters. The summed E-state index contributed by atoms with van der Waals surface area (Å²) in [5, 5.41) is 20.9. The van der Waals surface area contributed by atoms with Crippen molar-refractivity contribution in [2.45, 2.75) is 48.8 Å². The molecule has 0 saturated carbocycles. The minimum absolute atomic E-state index is 0.165. The Bertz CT molecular complexity index is 988. The maximum atomic E-state index is 10.0. The van der Waals surface area contributed by atoms with Gasteiger partial charge in [0, 0.05) is 43.9 Å². The molecule has 0 radical (unpaired) electrons. The molecule has 0 aromatic carbocycles. The third-order valence-corrected chi connectivity index (χ3v) is 8.36. The normalized spacial score (nSPS) is 20.8. The van der Waals surface area contributed by atoms with E-state index in [0.29, 0.717) is 35.0 Å². The highest BCUT2D eigenvalue weighted by atomic mass is 35.5. The Morgan fingerprint density at radius 1 is 1.19 bits per heavy atom. The minimum atomic E-state index is -0.331. The van der Waals surface area contributed by atoms with Crippen molar-refractivity contribution in [1.82, 2.24) is 15.0 Å². The van der Waals surface area contributed by atoms with Crippen molar-refractivity contribution in [3.8, 4) is 0 Å². The lowest BCUT2D eigenvalue weighted by Gasteiger charge is -2.39. The number of halogens is 1. The van der Waals surface area contributed by atoms with Crippen LogP contribution in [0.2, 0.25) is 5.02 Å². The fourth-order valence-corrected chi connectivity index (χ4v) is 5.88. The van der Waals surface area contributed by atoms with E-state index in [1.54, 1.807) is 6.20 Å². The first kappa shape index (κ1) is 22.2. The summed E-state index contributed by atoms with van der Waals surface area (Å²) < 4.78 is 5.64. The van der Waals surface area contributed by atoms with Gasteiger partial charge in [0.05, 0.1) is 30.0 Å². The SMILES string of the molecule is Cc1nc(N2CCC3(CCOC3)CC2)c(CO)nc1Sc1ccnc(N2CC(O)C2)c1Cl. The number of piperidine rings is 1. The Balaban J connectivity index is 1.36. The van der Waals surface area contributed by atoms with Gasteiger partial charge in [0.15, 0.2) is 5.82 Å².